The Morgan fingerprint density at radius 3 is 2.92 bits per heavy atom. The first-order valence-corrected chi connectivity index (χ1v) is 4.86. The van der Waals surface area contributed by atoms with Gasteiger partial charge in [0.05, 0.1) is 0 Å². The fraction of sp³-hybridized carbons (Fsp3) is 0.545. The summed E-state index contributed by atoms with van der Waals surface area (Å²) in [4.78, 5) is 13.2. The van der Waals surface area contributed by atoms with Crippen LogP contribution in [0.25, 0.3) is 0 Å². The van der Waals surface area contributed by atoms with Crippen LogP contribution in [0.15, 0.2) is 24.3 Å². The summed E-state index contributed by atoms with van der Waals surface area (Å²) in [5.41, 5.74) is 1.28. The molecule has 1 aliphatic heterocycles. The molecule has 2 heteroatoms. The van der Waals surface area contributed by atoms with Gasteiger partial charge in [0, 0.05) is 19.5 Å². The number of carbonyl (C=O) groups is 1. The maximum Gasteiger partial charge on any atom is 0.222 e. The van der Waals surface area contributed by atoms with Crippen molar-refractivity contribution in [1.29, 1.82) is 0 Å². The highest BCUT2D eigenvalue weighted by atomic mass is 16.2. The monoisotopic (exact) mass is 179 g/mol. The van der Waals surface area contributed by atoms with Crippen LogP contribution in [0.3, 0.4) is 0 Å². The molecule has 1 fully saturated rings. The van der Waals surface area contributed by atoms with Crippen LogP contribution in [0.5, 0.6) is 0 Å². The third-order valence-corrected chi connectivity index (χ3v) is 2.37. The molecule has 1 rings (SSSR count). The lowest BCUT2D eigenvalue weighted by Crippen LogP contribution is -2.26. The van der Waals surface area contributed by atoms with E-state index in [0.717, 1.165) is 32.4 Å². The summed E-state index contributed by atoms with van der Waals surface area (Å²) in [5, 5.41) is 0. The van der Waals surface area contributed by atoms with Crippen LogP contribution in [0.2, 0.25) is 0 Å². The molecule has 1 aliphatic rings. The van der Waals surface area contributed by atoms with Crippen LogP contribution in [0.4, 0.5) is 0 Å². The Balaban J connectivity index is 2.50. The predicted molar refractivity (Wildman–Crippen MR) is 54.4 cm³/mol. The molecule has 2 nitrogen and oxygen atoms in total. The van der Waals surface area contributed by atoms with Crippen molar-refractivity contribution in [3.05, 3.63) is 24.3 Å². The van der Waals surface area contributed by atoms with Crippen molar-refractivity contribution in [3.63, 3.8) is 0 Å². The Hall–Kier alpha value is -1.05. The molecule has 0 radical (unpaired) electrons. The number of rotatable bonds is 4. The third kappa shape index (κ3) is 2.72. The molecule has 0 aromatic heterocycles. The average molecular weight is 179 g/mol. The van der Waals surface area contributed by atoms with Gasteiger partial charge < -0.3 is 4.90 Å². The molecular weight excluding hydrogens is 162 g/mol. The first kappa shape index (κ1) is 10.0. The molecule has 1 saturated heterocycles. The van der Waals surface area contributed by atoms with Gasteiger partial charge in [-0.25, -0.2) is 0 Å². The fourth-order valence-electron chi connectivity index (χ4n) is 1.57. The van der Waals surface area contributed by atoms with Gasteiger partial charge in [0.2, 0.25) is 5.91 Å². The van der Waals surface area contributed by atoms with Crippen molar-refractivity contribution in [2.75, 3.05) is 13.1 Å². The molecule has 0 spiro atoms. The summed E-state index contributed by atoms with van der Waals surface area (Å²) in [5.74, 6) is 0.295. The van der Waals surface area contributed by atoms with Crippen LogP contribution in [-0.2, 0) is 4.79 Å². The van der Waals surface area contributed by atoms with E-state index in [1.807, 2.05) is 11.0 Å². The first-order valence-electron chi connectivity index (χ1n) is 4.86. The van der Waals surface area contributed by atoms with Gasteiger partial charge in [0.15, 0.2) is 0 Å². The van der Waals surface area contributed by atoms with E-state index in [0.29, 0.717) is 5.91 Å². The van der Waals surface area contributed by atoms with E-state index in [1.165, 1.54) is 5.57 Å². The molecule has 0 aromatic carbocycles. The van der Waals surface area contributed by atoms with Crippen LogP contribution in [-0.4, -0.2) is 23.9 Å². The van der Waals surface area contributed by atoms with E-state index in [2.05, 4.69) is 13.5 Å². The number of amides is 1. The van der Waals surface area contributed by atoms with E-state index in [1.54, 1.807) is 6.08 Å². The summed E-state index contributed by atoms with van der Waals surface area (Å²) >= 11 is 0. The maximum absolute atomic E-state index is 11.3. The molecule has 0 aromatic rings. The van der Waals surface area contributed by atoms with Gasteiger partial charge in [0.25, 0.3) is 0 Å². The van der Waals surface area contributed by atoms with Crippen molar-refractivity contribution in [1.82, 2.24) is 4.90 Å². The lowest BCUT2D eigenvalue weighted by atomic mass is 10.2. The van der Waals surface area contributed by atoms with Crippen molar-refractivity contribution < 1.29 is 4.79 Å². The molecule has 0 bridgehead atoms. The molecule has 0 N–H and O–H groups in total. The second-order valence-corrected chi connectivity index (χ2v) is 3.33. The number of hydrogen-bond acceptors (Lipinski definition) is 1. The highest BCUT2D eigenvalue weighted by molar-refractivity contribution is 5.78. The molecule has 13 heavy (non-hydrogen) atoms. The van der Waals surface area contributed by atoms with Crippen LogP contribution < -0.4 is 0 Å². The fourth-order valence-corrected chi connectivity index (χ4v) is 1.57. The summed E-state index contributed by atoms with van der Waals surface area (Å²) in [6, 6.07) is 0. The second kappa shape index (κ2) is 4.85. The Kier molecular flexibility index (Phi) is 3.74. The number of hydrogen-bond donors (Lipinski definition) is 0. The predicted octanol–water partition coefficient (Wildman–Crippen LogP) is 2.13. The molecule has 0 unspecified atom stereocenters. The van der Waals surface area contributed by atoms with Gasteiger partial charge in [-0.05, 0) is 12.8 Å². The van der Waals surface area contributed by atoms with Crippen molar-refractivity contribution in [2.24, 2.45) is 0 Å². The number of allylic oxidation sites excluding steroid dienone is 2. The molecule has 72 valence electrons. The van der Waals surface area contributed by atoms with Crippen molar-refractivity contribution >= 4 is 5.91 Å². The molecule has 1 heterocycles. The number of nitrogens with zero attached hydrogens (tertiary/aromatic N) is 1. The van der Waals surface area contributed by atoms with Gasteiger partial charge in [-0.2, -0.15) is 0 Å². The highest BCUT2D eigenvalue weighted by Crippen LogP contribution is 2.13. The molecule has 0 atom stereocenters. The zero-order valence-corrected chi connectivity index (χ0v) is 8.25. The minimum Gasteiger partial charge on any atom is -0.339 e. The largest absolute Gasteiger partial charge is 0.339 e. The first-order chi connectivity index (χ1) is 6.27. The normalized spacial score (nSPS) is 18.1. The zero-order valence-electron chi connectivity index (χ0n) is 8.25. The quantitative estimate of drug-likeness (QED) is 0.605. The molecule has 0 aliphatic carbocycles. The van der Waals surface area contributed by atoms with Crippen LogP contribution in [0.1, 0.15) is 26.2 Å². The van der Waals surface area contributed by atoms with E-state index in [-0.39, 0.29) is 0 Å². The van der Waals surface area contributed by atoms with Gasteiger partial charge in [-0.3, -0.25) is 4.79 Å². The summed E-state index contributed by atoms with van der Waals surface area (Å²) in [6.45, 7) is 7.49. The number of likely N-dealkylation sites (tertiary alicyclic amines) is 1. The van der Waals surface area contributed by atoms with Crippen molar-refractivity contribution in [3.8, 4) is 0 Å². The van der Waals surface area contributed by atoms with E-state index in [4.69, 9.17) is 0 Å². The zero-order chi connectivity index (χ0) is 9.68. The second-order valence-electron chi connectivity index (χ2n) is 3.33. The molecule has 0 saturated carbocycles. The Morgan fingerprint density at radius 1 is 1.69 bits per heavy atom. The maximum atomic E-state index is 11.3. The van der Waals surface area contributed by atoms with Crippen LogP contribution in [0, 0.1) is 0 Å². The number of carbonyl (C=O) groups excluding carboxylic acids is 1. The summed E-state index contributed by atoms with van der Waals surface area (Å²) in [7, 11) is 0. The minimum absolute atomic E-state index is 0.295. The summed E-state index contributed by atoms with van der Waals surface area (Å²) in [6.07, 6.45) is 6.54. The molecular formula is C11H17NO. The van der Waals surface area contributed by atoms with E-state index < -0.39 is 0 Å². The Morgan fingerprint density at radius 2 is 2.46 bits per heavy atom. The minimum atomic E-state index is 0.295. The van der Waals surface area contributed by atoms with Gasteiger partial charge >= 0.3 is 0 Å². The highest BCUT2D eigenvalue weighted by Gasteiger charge is 2.19. The Bertz CT molecular complexity index is 230. The van der Waals surface area contributed by atoms with Crippen molar-refractivity contribution in [2.45, 2.75) is 26.2 Å². The summed E-state index contributed by atoms with van der Waals surface area (Å²) < 4.78 is 0. The lowest BCUT2D eigenvalue weighted by molar-refractivity contribution is -0.127. The third-order valence-electron chi connectivity index (χ3n) is 2.37. The lowest BCUT2D eigenvalue weighted by Gasteiger charge is -2.16. The van der Waals surface area contributed by atoms with E-state index in [9.17, 15) is 4.79 Å². The smallest absolute Gasteiger partial charge is 0.222 e. The average Bonchev–Trinajstić information content (AvgIpc) is 2.51. The Labute approximate surface area is 79.9 Å². The van der Waals surface area contributed by atoms with Crippen LogP contribution >= 0.6 is 0 Å². The molecule has 1 amide bonds. The SMILES string of the molecule is C=C/C=C(\CC)CN1CCCC1=O. The van der Waals surface area contributed by atoms with Gasteiger partial charge in [-0.1, -0.05) is 31.2 Å². The standard InChI is InChI=1S/C11H17NO/c1-3-6-10(4-2)9-12-8-5-7-11(12)13/h3,6H,1,4-5,7-9H2,2H3/b10-6+. The van der Waals surface area contributed by atoms with Gasteiger partial charge in [0.1, 0.15) is 0 Å². The van der Waals surface area contributed by atoms with Gasteiger partial charge in [-0.15, -0.1) is 0 Å². The topological polar surface area (TPSA) is 20.3 Å². The van der Waals surface area contributed by atoms with E-state index >= 15 is 0 Å².